The summed E-state index contributed by atoms with van der Waals surface area (Å²) in [6, 6.07) is 4.28. The maximum absolute atomic E-state index is 13.1. The van der Waals surface area contributed by atoms with Crippen LogP contribution in [0.15, 0.2) is 27.9 Å². The molecule has 194 valence electrons. The average molecular weight is 517 g/mol. The first kappa shape index (κ1) is 25.8. The maximum Gasteiger partial charge on any atom is 0.277 e. The normalized spacial score (nSPS) is 16.5. The Balaban J connectivity index is 1.78. The quantitative estimate of drug-likeness (QED) is 0.439. The molecule has 2 N–H and O–H groups in total. The number of H-pyrrole nitrogens is 1. The predicted octanol–water partition coefficient (Wildman–Crippen LogP) is 1.82. The second kappa shape index (κ2) is 10.4. The van der Waals surface area contributed by atoms with Crippen LogP contribution in [-0.2, 0) is 28.3 Å². The molecule has 1 aliphatic heterocycles. The molecule has 3 heterocycles. The van der Waals surface area contributed by atoms with Crippen molar-refractivity contribution in [1.29, 1.82) is 0 Å². The Morgan fingerprint density at radius 2 is 2.03 bits per heavy atom. The van der Waals surface area contributed by atoms with Gasteiger partial charge in [-0.15, -0.1) is 0 Å². The second-order valence-corrected chi connectivity index (χ2v) is 10.8. The van der Waals surface area contributed by atoms with Gasteiger partial charge in [0.2, 0.25) is 5.91 Å². The Hall–Kier alpha value is -3.25. The van der Waals surface area contributed by atoms with Gasteiger partial charge in [-0.05, 0) is 51.1 Å². The van der Waals surface area contributed by atoms with E-state index in [2.05, 4.69) is 19.8 Å². The highest BCUT2D eigenvalue weighted by Crippen LogP contribution is 2.31. The van der Waals surface area contributed by atoms with Crippen molar-refractivity contribution in [3.8, 4) is 17.1 Å². The molecule has 1 atom stereocenters. The molecule has 0 radical (unpaired) electrons. The number of likely N-dealkylation sites (tertiary alicyclic amines) is 1. The van der Waals surface area contributed by atoms with Crippen molar-refractivity contribution in [3.05, 3.63) is 34.2 Å². The molecule has 36 heavy (non-hydrogen) atoms. The van der Waals surface area contributed by atoms with E-state index in [1.165, 1.54) is 22.9 Å². The number of aromatic nitrogens is 4. The van der Waals surface area contributed by atoms with Gasteiger partial charge < -0.3 is 14.6 Å². The molecule has 1 aromatic carbocycles. The van der Waals surface area contributed by atoms with Crippen LogP contribution in [0.25, 0.3) is 22.4 Å². The van der Waals surface area contributed by atoms with Gasteiger partial charge in [-0.1, -0.05) is 20.3 Å². The lowest BCUT2D eigenvalue weighted by atomic mass is 10.1. The van der Waals surface area contributed by atoms with E-state index < -0.39 is 15.9 Å². The number of hydrogen-bond acceptors (Lipinski definition) is 8. The summed E-state index contributed by atoms with van der Waals surface area (Å²) < 4.78 is 35.8. The lowest BCUT2D eigenvalue weighted by molar-refractivity contribution is -0.122. The highest BCUT2D eigenvalue weighted by atomic mass is 32.2. The number of hydrogen-bond donors (Lipinski definition) is 2. The third-order valence-electron chi connectivity index (χ3n) is 6.22. The number of ether oxygens (including phenoxy) is 1. The first-order valence-corrected chi connectivity index (χ1v) is 13.6. The van der Waals surface area contributed by atoms with Crippen LogP contribution in [0.4, 0.5) is 0 Å². The van der Waals surface area contributed by atoms with Crippen LogP contribution in [0, 0.1) is 5.92 Å². The van der Waals surface area contributed by atoms with Crippen molar-refractivity contribution in [2.75, 3.05) is 26.7 Å². The van der Waals surface area contributed by atoms with Crippen LogP contribution in [0.1, 0.15) is 38.8 Å². The molecule has 3 aromatic rings. The zero-order valence-electron chi connectivity index (χ0n) is 21.0. The Labute approximate surface area is 209 Å². The van der Waals surface area contributed by atoms with E-state index in [1.54, 1.807) is 7.05 Å². The molecule has 0 bridgehead atoms. The van der Waals surface area contributed by atoms with Gasteiger partial charge >= 0.3 is 0 Å². The number of carbonyl (C=O) groups is 1. The summed E-state index contributed by atoms with van der Waals surface area (Å²) in [4.78, 5) is 34.9. The number of amides is 1. The van der Waals surface area contributed by atoms with Crippen molar-refractivity contribution in [2.45, 2.75) is 44.4 Å². The summed E-state index contributed by atoms with van der Waals surface area (Å²) in [7, 11) is -0.580. The van der Waals surface area contributed by atoms with Crippen LogP contribution in [0.2, 0.25) is 0 Å². The van der Waals surface area contributed by atoms with Crippen molar-refractivity contribution in [1.82, 2.24) is 29.4 Å². The van der Waals surface area contributed by atoms with Crippen molar-refractivity contribution in [3.63, 3.8) is 0 Å². The number of nitrogens with one attached hydrogen (secondary N) is 2. The number of sulfonamides is 1. The molecule has 0 aliphatic carbocycles. The molecule has 1 aliphatic rings. The molecule has 12 heteroatoms. The molecular formula is C24H32N6O5S. The highest BCUT2D eigenvalue weighted by Gasteiger charge is 2.30. The molecule has 0 spiro atoms. The zero-order valence-corrected chi connectivity index (χ0v) is 21.8. The zero-order chi connectivity index (χ0) is 26.0. The predicted molar refractivity (Wildman–Crippen MR) is 135 cm³/mol. The molecule has 1 unspecified atom stereocenters. The number of aromatic amines is 1. The number of rotatable bonds is 9. The minimum atomic E-state index is -4.16. The molecule has 1 amide bonds. The van der Waals surface area contributed by atoms with Gasteiger partial charge in [0.1, 0.15) is 17.1 Å². The Morgan fingerprint density at radius 1 is 1.25 bits per heavy atom. The molecule has 1 fully saturated rings. The third-order valence-corrected chi connectivity index (χ3v) is 7.57. The lowest BCUT2D eigenvalue weighted by Crippen LogP contribution is -2.36. The second-order valence-electron chi connectivity index (χ2n) is 9.16. The summed E-state index contributed by atoms with van der Waals surface area (Å²) in [6.45, 7) is 5.60. The largest absolute Gasteiger partial charge is 0.493 e. The van der Waals surface area contributed by atoms with Gasteiger partial charge in [0.15, 0.2) is 5.52 Å². The molecule has 0 saturated carbocycles. The Bertz CT molecular complexity index is 1450. The van der Waals surface area contributed by atoms with E-state index in [4.69, 9.17) is 4.74 Å². The van der Waals surface area contributed by atoms with Gasteiger partial charge in [-0.3, -0.25) is 14.3 Å². The fourth-order valence-corrected chi connectivity index (χ4v) is 5.47. The standard InChI is InChI=1S/C24H32N6O5S/c1-5-7-18-20-21(30(4)27-18)24(32)26-22(25-20)17-13-16(8-9-19(17)35-12-6-2)36(33,34)28-23(31)15-10-11-29(3)14-15/h8-9,13,15H,5-7,10-12,14H2,1-4H3,(H,28,31)(H,25,26,32). The van der Waals surface area contributed by atoms with Crippen molar-refractivity contribution < 1.29 is 17.9 Å². The smallest absolute Gasteiger partial charge is 0.277 e. The van der Waals surface area contributed by atoms with E-state index in [0.717, 1.165) is 19.4 Å². The van der Waals surface area contributed by atoms with Crippen LogP contribution < -0.4 is 15.0 Å². The van der Waals surface area contributed by atoms with Crippen LogP contribution in [0.3, 0.4) is 0 Å². The summed E-state index contributed by atoms with van der Waals surface area (Å²) in [5, 5.41) is 4.44. The fraction of sp³-hybridized carbons (Fsp3) is 0.500. The van der Waals surface area contributed by atoms with Crippen molar-refractivity contribution in [2.24, 2.45) is 13.0 Å². The van der Waals surface area contributed by atoms with Gasteiger partial charge in [-0.2, -0.15) is 5.10 Å². The van der Waals surface area contributed by atoms with Gasteiger partial charge in [-0.25, -0.2) is 18.1 Å². The first-order chi connectivity index (χ1) is 17.1. The molecule has 4 rings (SSSR count). The number of nitrogens with zero attached hydrogens (tertiary/aromatic N) is 4. The first-order valence-electron chi connectivity index (χ1n) is 12.1. The van der Waals surface area contributed by atoms with Gasteiger partial charge in [0.25, 0.3) is 15.6 Å². The summed E-state index contributed by atoms with van der Waals surface area (Å²) >= 11 is 0. The minimum absolute atomic E-state index is 0.122. The number of aryl methyl sites for hydroxylation is 2. The van der Waals surface area contributed by atoms with Gasteiger partial charge in [0, 0.05) is 13.6 Å². The average Bonchev–Trinajstić information content (AvgIpc) is 3.41. The lowest BCUT2D eigenvalue weighted by Gasteiger charge is -2.15. The van der Waals surface area contributed by atoms with Gasteiger partial charge in [0.05, 0.1) is 28.7 Å². The topological polar surface area (TPSA) is 139 Å². The van der Waals surface area contributed by atoms with E-state index in [1.807, 2.05) is 25.8 Å². The highest BCUT2D eigenvalue weighted by molar-refractivity contribution is 7.90. The minimum Gasteiger partial charge on any atom is -0.493 e. The number of fused-ring (bicyclic) bond motifs is 1. The summed E-state index contributed by atoms with van der Waals surface area (Å²) in [5.41, 5.74) is 1.42. The monoisotopic (exact) mass is 516 g/mol. The van der Waals surface area contributed by atoms with E-state index in [0.29, 0.717) is 54.0 Å². The SMILES string of the molecule is CCCOc1ccc(S(=O)(=O)NC(=O)C2CCN(C)C2)cc1-c1nc2c(CCC)nn(C)c2c(=O)[nH]1. The Morgan fingerprint density at radius 3 is 2.69 bits per heavy atom. The van der Waals surface area contributed by atoms with E-state index >= 15 is 0 Å². The molecule has 11 nitrogen and oxygen atoms in total. The van der Waals surface area contributed by atoms with E-state index in [9.17, 15) is 18.0 Å². The molecular weight excluding hydrogens is 484 g/mol. The fourth-order valence-electron chi connectivity index (χ4n) is 4.40. The van der Waals surface area contributed by atoms with Crippen LogP contribution >= 0.6 is 0 Å². The maximum atomic E-state index is 13.1. The van der Waals surface area contributed by atoms with Crippen LogP contribution in [-0.4, -0.2) is 65.7 Å². The number of carbonyl (C=O) groups excluding carboxylic acids is 1. The summed E-state index contributed by atoms with van der Waals surface area (Å²) in [5.74, 6) is -0.369. The molecule has 2 aromatic heterocycles. The molecule has 1 saturated heterocycles. The third kappa shape index (κ3) is 5.14. The Kier molecular flexibility index (Phi) is 7.46. The van der Waals surface area contributed by atoms with E-state index in [-0.39, 0.29) is 22.2 Å². The summed E-state index contributed by atoms with van der Waals surface area (Å²) in [6.07, 6.45) is 2.80. The number of benzene rings is 1. The van der Waals surface area contributed by atoms with Crippen molar-refractivity contribution >= 4 is 27.0 Å². The van der Waals surface area contributed by atoms with Crippen LogP contribution in [0.5, 0.6) is 5.75 Å².